The minimum atomic E-state index is -0.346. The third-order valence-electron chi connectivity index (χ3n) is 5.46. The van der Waals surface area contributed by atoms with Crippen molar-refractivity contribution in [1.82, 2.24) is 5.32 Å². The summed E-state index contributed by atoms with van der Waals surface area (Å²) in [7, 11) is 0. The van der Waals surface area contributed by atoms with Gasteiger partial charge in [-0.3, -0.25) is 14.4 Å². The molecule has 0 aromatic heterocycles. The van der Waals surface area contributed by atoms with Crippen molar-refractivity contribution in [1.29, 1.82) is 0 Å². The van der Waals surface area contributed by atoms with Crippen molar-refractivity contribution in [3.05, 3.63) is 52.0 Å². The molecule has 0 aliphatic carbocycles. The van der Waals surface area contributed by atoms with Crippen molar-refractivity contribution >= 4 is 45.0 Å². The van der Waals surface area contributed by atoms with Gasteiger partial charge in [0.1, 0.15) is 5.75 Å². The molecule has 1 atom stereocenters. The van der Waals surface area contributed by atoms with Crippen LogP contribution in [-0.4, -0.2) is 37.4 Å². The van der Waals surface area contributed by atoms with E-state index in [1.54, 1.807) is 29.2 Å². The van der Waals surface area contributed by atoms with Crippen molar-refractivity contribution < 1.29 is 19.1 Å². The predicted octanol–water partition coefficient (Wildman–Crippen LogP) is 4.21. The summed E-state index contributed by atoms with van der Waals surface area (Å²) in [4.78, 5) is 38.7. The molecular weight excluding hydrogens is 486 g/mol. The molecule has 1 heterocycles. The zero-order valence-corrected chi connectivity index (χ0v) is 21.0. The van der Waals surface area contributed by atoms with Crippen LogP contribution >= 0.6 is 15.9 Å². The number of carbonyl (C=O) groups excluding carboxylic acids is 3. The second kappa shape index (κ2) is 10.8. The first-order valence-electron chi connectivity index (χ1n) is 11.0. The largest absolute Gasteiger partial charge is 0.484 e. The highest BCUT2D eigenvalue weighted by Crippen LogP contribution is 2.28. The lowest BCUT2D eigenvalue weighted by Crippen LogP contribution is -2.35. The normalized spacial score (nSPS) is 15.6. The molecule has 0 radical (unpaired) electrons. The lowest BCUT2D eigenvalue weighted by molar-refractivity contribution is -0.126. The Kier molecular flexibility index (Phi) is 8.13. The summed E-state index contributed by atoms with van der Waals surface area (Å²) in [6, 6.07) is 10.9. The van der Waals surface area contributed by atoms with Crippen LogP contribution in [0.15, 0.2) is 40.9 Å². The van der Waals surface area contributed by atoms with E-state index in [-0.39, 0.29) is 36.7 Å². The minimum Gasteiger partial charge on any atom is -0.484 e. The molecule has 1 fully saturated rings. The van der Waals surface area contributed by atoms with Gasteiger partial charge in [0.25, 0.3) is 5.91 Å². The molecule has 176 valence electrons. The van der Waals surface area contributed by atoms with Crippen molar-refractivity contribution in [3.63, 3.8) is 0 Å². The summed E-state index contributed by atoms with van der Waals surface area (Å²) in [5, 5.41) is 5.80. The van der Waals surface area contributed by atoms with Crippen LogP contribution in [-0.2, 0) is 14.4 Å². The number of ether oxygens (including phenoxy) is 1. The average molecular weight is 516 g/mol. The molecule has 3 amide bonds. The number of nitrogens with zero attached hydrogens (tertiary/aromatic N) is 1. The molecule has 0 spiro atoms. The number of hydrogen-bond acceptors (Lipinski definition) is 4. The van der Waals surface area contributed by atoms with Gasteiger partial charge in [-0.2, -0.15) is 0 Å². The van der Waals surface area contributed by atoms with Crippen LogP contribution in [0, 0.1) is 25.7 Å². The maximum absolute atomic E-state index is 12.4. The third kappa shape index (κ3) is 6.57. The van der Waals surface area contributed by atoms with Crippen LogP contribution in [0.5, 0.6) is 5.75 Å². The van der Waals surface area contributed by atoms with Crippen LogP contribution in [0.25, 0.3) is 0 Å². The first kappa shape index (κ1) is 24.8. The van der Waals surface area contributed by atoms with E-state index < -0.39 is 0 Å². The van der Waals surface area contributed by atoms with E-state index in [0.717, 1.165) is 21.3 Å². The maximum atomic E-state index is 12.4. The number of halogens is 1. The van der Waals surface area contributed by atoms with Crippen molar-refractivity contribution in [2.24, 2.45) is 11.8 Å². The van der Waals surface area contributed by atoms with E-state index in [2.05, 4.69) is 26.6 Å². The Morgan fingerprint density at radius 2 is 1.79 bits per heavy atom. The number of nitrogens with one attached hydrogen (secondary N) is 2. The van der Waals surface area contributed by atoms with Gasteiger partial charge in [-0.1, -0.05) is 29.8 Å². The van der Waals surface area contributed by atoms with E-state index in [9.17, 15) is 14.4 Å². The van der Waals surface area contributed by atoms with Crippen LogP contribution < -0.4 is 20.3 Å². The second-order valence-electron chi connectivity index (χ2n) is 8.79. The molecule has 0 saturated carbocycles. The minimum absolute atomic E-state index is 0.0759. The Hall–Kier alpha value is -2.87. The first-order chi connectivity index (χ1) is 15.6. The Bertz CT molecular complexity index is 1010. The fourth-order valence-corrected chi connectivity index (χ4v) is 4.42. The highest BCUT2D eigenvalue weighted by atomic mass is 79.9. The summed E-state index contributed by atoms with van der Waals surface area (Å²) in [5.74, 6) is 0.129. The van der Waals surface area contributed by atoms with Gasteiger partial charge in [0.2, 0.25) is 11.8 Å². The molecule has 1 saturated heterocycles. The molecule has 3 rings (SSSR count). The smallest absolute Gasteiger partial charge is 0.262 e. The Balaban J connectivity index is 1.54. The summed E-state index contributed by atoms with van der Waals surface area (Å²) in [6.07, 6.45) is 0.206. The van der Waals surface area contributed by atoms with Crippen LogP contribution in [0.2, 0.25) is 0 Å². The van der Waals surface area contributed by atoms with Crippen molar-refractivity contribution in [2.45, 2.75) is 34.1 Å². The molecule has 7 nitrogen and oxygen atoms in total. The van der Waals surface area contributed by atoms with Gasteiger partial charge in [0, 0.05) is 35.4 Å². The lowest BCUT2D eigenvalue weighted by atomic mass is 10.1. The van der Waals surface area contributed by atoms with Gasteiger partial charge < -0.3 is 20.3 Å². The van der Waals surface area contributed by atoms with E-state index in [0.29, 0.717) is 30.4 Å². The van der Waals surface area contributed by atoms with Crippen LogP contribution in [0.3, 0.4) is 0 Å². The number of anilines is 2. The van der Waals surface area contributed by atoms with Gasteiger partial charge in [-0.15, -0.1) is 0 Å². The lowest BCUT2D eigenvalue weighted by Gasteiger charge is -2.17. The van der Waals surface area contributed by atoms with Gasteiger partial charge in [-0.25, -0.2) is 0 Å². The molecule has 2 N–H and O–H groups in total. The summed E-state index contributed by atoms with van der Waals surface area (Å²) in [6.45, 7) is 8.76. The number of carbonyl (C=O) groups is 3. The molecule has 0 bridgehead atoms. The van der Waals surface area contributed by atoms with E-state index in [1.165, 1.54) is 0 Å². The second-order valence-corrected chi connectivity index (χ2v) is 9.71. The van der Waals surface area contributed by atoms with E-state index in [1.807, 2.05) is 39.8 Å². The van der Waals surface area contributed by atoms with Gasteiger partial charge in [0.05, 0.1) is 5.92 Å². The molecule has 0 unspecified atom stereocenters. The van der Waals surface area contributed by atoms with Crippen molar-refractivity contribution in [2.75, 3.05) is 29.9 Å². The standard InChI is InChI=1S/C25H30BrN3O4/c1-15(2)12-27-25(32)18-11-23(31)29(13-18)20-5-7-21(8-6-20)33-14-22(30)28-24-16(3)9-19(26)10-17(24)4/h5-10,15,18H,11-14H2,1-4H3,(H,27,32)(H,28,30)/t18-/m1/s1. The predicted molar refractivity (Wildman–Crippen MR) is 132 cm³/mol. The number of rotatable bonds is 8. The highest BCUT2D eigenvalue weighted by Gasteiger charge is 2.35. The third-order valence-corrected chi connectivity index (χ3v) is 5.92. The van der Waals surface area contributed by atoms with Crippen LogP contribution in [0.4, 0.5) is 11.4 Å². The first-order valence-corrected chi connectivity index (χ1v) is 11.8. The monoisotopic (exact) mass is 515 g/mol. The van der Waals surface area contributed by atoms with E-state index >= 15 is 0 Å². The Morgan fingerprint density at radius 3 is 2.39 bits per heavy atom. The topological polar surface area (TPSA) is 87.7 Å². The SMILES string of the molecule is Cc1cc(Br)cc(C)c1NC(=O)COc1ccc(N2C[C@H](C(=O)NCC(C)C)CC2=O)cc1. The summed E-state index contributed by atoms with van der Waals surface area (Å²) in [5.41, 5.74) is 3.41. The molecule has 33 heavy (non-hydrogen) atoms. The number of amides is 3. The molecule has 1 aliphatic heterocycles. The fourth-order valence-electron chi connectivity index (χ4n) is 3.74. The number of hydrogen-bond donors (Lipinski definition) is 2. The number of benzene rings is 2. The highest BCUT2D eigenvalue weighted by molar-refractivity contribution is 9.10. The molecular formula is C25H30BrN3O4. The zero-order chi connectivity index (χ0) is 24.1. The summed E-state index contributed by atoms with van der Waals surface area (Å²) >= 11 is 3.45. The Morgan fingerprint density at radius 1 is 1.15 bits per heavy atom. The van der Waals surface area contributed by atoms with E-state index in [4.69, 9.17) is 4.74 Å². The zero-order valence-electron chi connectivity index (χ0n) is 19.4. The summed E-state index contributed by atoms with van der Waals surface area (Å²) < 4.78 is 6.58. The fraction of sp³-hybridized carbons (Fsp3) is 0.400. The molecule has 1 aliphatic rings. The van der Waals surface area contributed by atoms with Crippen LogP contribution in [0.1, 0.15) is 31.4 Å². The van der Waals surface area contributed by atoms with Crippen molar-refractivity contribution in [3.8, 4) is 5.75 Å². The van der Waals surface area contributed by atoms with Gasteiger partial charge >= 0.3 is 0 Å². The van der Waals surface area contributed by atoms with Gasteiger partial charge in [-0.05, 0) is 67.3 Å². The Labute approximate surface area is 203 Å². The average Bonchev–Trinajstić information content (AvgIpc) is 3.15. The maximum Gasteiger partial charge on any atom is 0.262 e. The molecule has 2 aromatic carbocycles. The molecule has 2 aromatic rings. The quantitative estimate of drug-likeness (QED) is 0.551. The molecule has 8 heteroatoms. The number of aryl methyl sites for hydroxylation is 2. The van der Waals surface area contributed by atoms with Gasteiger partial charge in [0.15, 0.2) is 6.61 Å².